The van der Waals surface area contributed by atoms with Gasteiger partial charge in [-0.1, -0.05) is 26.7 Å². The average Bonchev–Trinajstić information content (AvgIpc) is 2.76. The zero-order chi connectivity index (χ0) is 11.8. The van der Waals surface area contributed by atoms with Crippen LogP contribution in [0.25, 0.3) is 0 Å². The fourth-order valence-electron chi connectivity index (χ4n) is 2.55. The van der Waals surface area contributed by atoms with Crippen molar-refractivity contribution in [1.29, 1.82) is 0 Å². The highest BCUT2D eigenvalue weighted by Crippen LogP contribution is 2.24. The molecular weight excluding hydrogens is 194 g/mol. The number of terminal acetylenes is 1. The third-order valence-electron chi connectivity index (χ3n) is 3.60. The second-order valence-electron chi connectivity index (χ2n) is 5.46. The van der Waals surface area contributed by atoms with Gasteiger partial charge in [-0.15, -0.1) is 12.3 Å². The maximum Gasteiger partial charge on any atom is 0.00982 e. The van der Waals surface area contributed by atoms with Crippen LogP contribution in [0.2, 0.25) is 0 Å². The largest absolute Gasteiger partial charge is 0.300 e. The molecule has 1 aliphatic carbocycles. The zero-order valence-electron chi connectivity index (χ0n) is 11.0. The van der Waals surface area contributed by atoms with Crippen molar-refractivity contribution in [3.8, 4) is 12.3 Å². The van der Waals surface area contributed by atoms with Crippen LogP contribution in [0, 0.1) is 18.3 Å². The second kappa shape index (κ2) is 7.74. The SMILES string of the molecule is C#CCCCN(CCC(C)C)C1CCCC1. The molecule has 1 heteroatoms. The average molecular weight is 221 g/mol. The predicted molar refractivity (Wildman–Crippen MR) is 71.4 cm³/mol. The lowest BCUT2D eigenvalue weighted by molar-refractivity contribution is 0.186. The lowest BCUT2D eigenvalue weighted by Crippen LogP contribution is -2.35. The summed E-state index contributed by atoms with van der Waals surface area (Å²) in [5.74, 6) is 3.57. The molecule has 0 unspecified atom stereocenters. The Morgan fingerprint density at radius 2 is 1.94 bits per heavy atom. The van der Waals surface area contributed by atoms with Gasteiger partial charge in [0.25, 0.3) is 0 Å². The van der Waals surface area contributed by atoms with E-state index in [0.717, 1.165) is 18.4 Å². The predicted octanol–water partition coefficient (Wildman–Crippen LogP) is 3.69. The molecule has 0 N–H and O–H groups in total. The van der Waals surface area contributed by atoms with Gasteiger partial charge in [0.2, 0.25) is 0 Å². The van der Waals surface area contributed by atoms with Crippen LogP contribution in [0.5, 0.6) is 0 Å². The molecule has 0 radical (unpaired) electrons. The maximum atomic E-state index is 5.32. The first kappa shape index (κ1) is 13.6. The van der Waals surface area contributed by atoms with Gasteiger partial charge in [0.05, 0.1) is 0 Å². The summed E-state index contributed by atoms with van der Waals surface area (Å²) in [6.45, 7) is 7.11. The summed E-state index contributed by atoms with van der Waals surface area (Å²) in [5.41, 5.74) is 0. The normalized spacial score (nSPS) is 17.2. The van der Waals surface area contributed by atoms with Crippen molar-refractivity contribution in [3.05, 3.63) is 0 Å². The standard InChI is InChI=1S/C15H27N/c1-4-5-8-12-16(13-11-14(2)3)15-9-6-7-10-15/h1,14-15H,5-13H2,2-3H3. The van der Waals surface area contributed by atoms with Gasteiger partial charge in [0.1, 0.15) is 0 Å². The van der Waals surface area contributed by atoms with Crippen LogP contribution in [-0.2, 0) is 0 Å². The van der Waals surface area contributed by atoms with Crippen LogP contribution in [0.3, 0.4) is 0 Å². The molecule has 1 saturated carbocycles. The van der Waals surface area contributed by atoms with Gasteiger partial charge in [0.15, 0.2) is 0 Å². The molecule has 92 valence electrons. The second-order valence-corrected chi connectivity index (χ2v) is 5.46. The summed E-state index contributed by atoms with van der Waals surface area (Å²) in [6, 6.07) is 0.858. The lowest BCUT2D eigenvalue weighted by atomic mass is 10.1. The molecule has 0 atom stereocenters. The number of hydrogen-bond acceptors (Lipinski definition) is 1. The third-order valence-corrected chi connectivity index (χ3v) is 3.60. The van der Waals surface area contributed by atoms with Crippen LogP contribution in [0.1, 0.15) is 58.8 Å². The Hall–Kier alpha value is -0.480. The molecule has 0 aromatic carbocycles. The van der Waals surface area contributed by atoms with Crippen molar-refractivity contribution in [2.24, 2.45) is 5.92 Å². The first-order valence-electron chi connectivity index (χ1n) is 6.91. The minimum atomic E-state index is 0.816. The van der Waals surface area contributed by atoms with Gasteiger partial charge < -0.3 is 4.90 Å². The Balaban J connectivity index is 2.31. The fraction of sp³-hybridized carbons (Fsp3) is 0.867. The molecule has 0 amide bonds. The Bertz CT molecular complexity index is 208. The highest BCUT2D eigenvalue weighted by atomic mass is 15.2. The summed E-state index contributed by atoms with van der Waals surface area (Å²) < 4.78 is 0. The maximum absolute atomic E-state index is 5.32. The number of hydrogen-bond donors (Lipinski definition) is 0. The van der Waals surface area contributed by atoms with Gasteiger partial charge in [-0.05, 0) is 44.7 Å². The van der Waals surface area contributed by atoms with E-state index in [2.05, 4.69) is 24.7 Å². The molecule has 0 saturated heterocycles. The van der Waals surface area contributed by atoms with Crippen molar-refractivity contribution < 1.29 is 0 Å². The van der Waals surface area contributed by atoms with E-state index in [1.165, 1.54) is 51.6 Å². The molecular formula is C15H27N. The van der Waals surface area contributed by atoms with E-state index in [9.17, 15) is 0 Å². The minimum Gasteiger partial charge on any atom is -0.300 e. The van der Waals surface area contributed by atoms with Crippen LogP contribution < -0.4 is 0 Å². The van der Waals surface area contributed by atoms with Gasteiger partial charge in [0, 0.05) is 12.5 Å². The summed E-state index contributed by atoms with van der Waals surface area (Å²) in [5, 5.41) is 0. The lowest BCUT2D eigenvalue weighted by Gasteiger charge is -2.29. The van der Waals surface area contributed by atoms with Crippen LogP contribution >= 0.6 is 0 Å². The topological polar surface area (TPSA) is 3.24 Å². The Morgan fingerprint density at radius 3 is 2.50 bits per heavy atom. The molecule has 1 rings (SSSR count). The summed E-state index contributed by atoms with van der Waals surface area (Å²) in [4.78, 5) is 2.70. The molecule has 0 aromatic rings. The highest BCUT2D eigenvalue weighted by molar-refractivity contribution is 4.84. The molecule has 0 aliphatic heterocycles. The molecule has 0 bridgehead atoms. The Morgan fingerprint density at radius 1 is 1.25 bits per heavy atom. The van der Waals surface area contributed by atoms with E-state index in [1.54, 1.807) is 0 Å². The molecule has 0 spiro atoms. The van der Waals surface area contributed by atoms with E-state index in [1.807, 2.05) is 0 Å². The van der Waals surface area contributed by atoms with E-state index in [0.29, 0.717) is 0 Å². The van der Waals surface area contributed by atoms with Crippen molar-refractivity contribution in [3.63, 3.8) is 0 Å². The van der Waals surface area contributed by atoms with Crippen LogP contribution in [0.4, 0.5) is 0 Å². The molecule has 0 heterocycles. The van der Waals surface area contributed by atoms with E-state index in [4.69, 9.17) is 6.42 Å². The van der Waals surface area contributed by atoms with E-state index < -0.39 is 0 Å². The number of rotatable bonds is 7. The first-order chi connectivity index (χ1) is 7.74. The molecule has 16 heavy (non-hydrogen) atoms. The minimum absolute atomic E-state index is 0.816. The van der Waals surface area contributed by atoms with Crippen molar-refractivity contribution in [2.75, 3.05) is 13.1 Å². The summed E-state index contributed by atoms with van der Waals surface area (Å²) in [7, 11) is 0. The molecule has 1 aliphatic rings. The van der Waals surface area contributed by atoms with E-state index >= 15 is 0 Å². The van der Waals surface area contributed by atoms with Crippen LogP contribution in [0.15, 0.2) is 0 Å². The summed E-state index contributed by atoms with van der Waals surface area (Å²) in [6.07, 6.45) is 14.4. The fourth-order valence-corrected chi connectivity index (χ4v) is 2.55. The van der Waals surface area contributed by atoms with Crippen molar-refractivity contribution in [2.45, 2.75) is 64.8 Å². The number of unbranched alkanes of at least 4 members (excludes halogenated alkanes) is 1. The third kappa shape index (κ3) is 5.03. The monoisotopic (exact) mass is 221 g/mol. The molecule has 1 nitrogen and oxygen atoms in total. The van der Waals surface area contributed by atoms with Gasteiger partial charge in [-0.25, -0.2) is 0 Å². The molecule has 0 aromatic heterocycles. The van der Waals surface area contributed by atoms with Crippen LogP contribution in [-0.4, -0.2) is 24.0 Å². The quantitative estimate of drug-likeness (QED) is 0.468. The zero-order valence-corrected chi connectivity index (χ0v) is 11.0. The van der Waals surface area contributed by atoms with Gasteiger partial charge in [-0.3, -0.25) is 0 Å². The van der Waals surface area contributed by atoms with Gasteiger partial charge >= 0.3 is 0 Å². The number of nitrogens with zero attached hydrogens (tertiary/aromatic N) is 1. The van der Waals surface area contributed by atoms with E-state index in [-0.39, 0.29) is 0 Å². The Labute approximate surface area is 102 Å². The summed E-state index contributed by atoms with van der Waals surface area (Å²) >= 11 is 0. The van der Waals surface area contributed by atoms with Crippen molar-refractivity contribution >= 4 is 0 Å². The van der Waals surface area contributed by atoms with Crippen molar-refractivity contribution in [1.82, 2.24) is 4.90 Å². The van der Waals surface area contributed by atoms with Gasteiger partial charge in [-0.2, -0.15) is 0 Å². The highest BCUT2D eigenvalue weighted by Gasteiger charge is 2.21. The molecule has 1 fully saturated rings. The smallest absolute Gasteiger partial charge is 0.00982 e. The Kier molecular flexibility index (Phi) is 6.57. The first-order valence-corrected chi connectivity index (χ1v) is 6.91.